The van der Waals surface area contributed by atoms with Gasteiger partial charge in [-0.3, -0.25) is 9.59 Å². The summed E-state index contributed by atoms with van der Waals surface area (Å²) < 4.78 is 0. The van der Waals surface area contributed by atoms with Gasteiger partial charge in [0.25, 0.3) is 0 Å². The van der Waals surface area contributed by atoms with E-state index >= 15 is 0 Å². The van der Waals surface area contributed by atoms with E-state index < -0.39 is 11.4 Å². The first kappa shape index (κ1) is 12.1. The maximum Gasteiger partial charge on any atom is 0.311 e. The fourth-order valence-electron chi connectivity index (χ4n) is 2.77. The quantitative estimate of drug-likeness (QED) is 0.734. The standard InChI is InChI=1S/C13H19NO3/c1-13(12(16)17)8-4-7-10(13)14-11(15)9-5-2-3-6-9/h2-3,9-10H,4-8H2,1H3,(H,14,15)(H,16,17). The summed E-state index contributed by atoms with van der Waals surface area (Å²) >= 11 is 0. The molecule has 0 aliphatic heterocycles. The van der Waals surface area contributed by atoms with E-state index in [1.807, 2.05) is 12.2 Å². The molecule has 1 amide bonds. The Hall–Kier alpha value is -1.32. The van der Waals surface area contributed by atoms with Gasteiger partial charge in [0.05, 0.1) is 5.41 Å². The van der Waals surface area contributed by atoms with Gasteiger partial charge in [-0.15, -0.1) is 0 Å². The first-order chi connectivity index (χ1) is 8.04. The van der Waals surface area contributed by atoms with Gasteiger partial charge in [0, 0.05) is 12.0 Å². The molecule has 1 fully saturated rings. The molecule has 2 atom stereocenters. The molecule has 2 N–H and O–H groups in total. The molecule has 0 radical (unpaired) electrons. The number of carbonyl (C=O) groups excluding carboxylic acids is 1. The average Bonchev–Trinajstić information content (AvgIpc) is 2.89. The molecule has 4 heteroatoms. The van der Waals surface area contributed by atoms with Crippen molar-refractivity contribution >= 4 is 11.9 Å². The third-order valence-electron chi connectivity index (χ3n) is 4.14. The van der Waals surface area contributed by atoms with Crippen LogP contribution in [0.5, 0.6) is 0 Å². The molecule has 0 saturated heterocycles. The highest BCUT2D eigenvalue weighted by molar-refractivity contribution is 5.82. The molecule has 1 saturated carbocycles. The van der Waals surface area contributed by atoms with E-state index in [1.54, 1.807) is 6.92 Å². The molecule has 0 heterocycles. The third-order valence-corrected chi connectivity index (χ3v) is 4.14. The van der Waals surface area contributed by atoms with E-state index in [0.29, 0.717) is 6.42 Å². The van der Waals surface area contributed by atoms with Gasteiger partial charge in [-0.1, -0.05) is 18.6 Å². The number of allylic oxidation sites excluding steroid dienone is 2. The molecule has 94 valence electrons. The predicted molar refractivity (Wildman–Crippen MR) is 63.4 cm³/mol. The Kier molecular flexibility index (Phi) is 3.22. The zero-order chi connectivity index (χ0) is 12.5. The first-order valence-corrected chi connectivity index (χ1v) is 6.23. The zero-order valence-electron chi connectivity index (χ0n) is 10.1. The molecule has 0 aromatic heterocycles. The lowest BCUT2D eigenvalue weighted by Gasteiger charge is -2.28. The van der Waals surface area contributed by atoms with Crippen LogP contribution in [-0.2, 0) is 9.59 Å². The summed E-state index contributed by atoms with van der Waals surface area (Å²) in [5.74, 6) is -0.784. The lowest BCUT2D eigenvalue weighted by molar-refractivity contribution is -0.149. The summed E-state index contributed by atoms with van der Waals surface area (Å²) in [6, 6.07) is -0.215. The number of carboxylic acids is 1. The molecule has 2 aliphatic rings. The van der Waals surface area contributed by atoms with Crippen molar-refractivity contribution in [3.8, 4) is 0 Å². The predicted octanol–water partition coefficient (Wildman–Crippen LogP) is 1.71. The molecule has 0 aromatic carbocycles. The number of hydrogen-bond donors (Lipinski definition) is 2. The van der Waals surface area contributed by atoms with E-state index in [9.17, 15) is 14.7 Å². The van der Waals surface area contributed by atoms with Crippen molar-refractivity contribution < 1.29 is 14.7 Å². The molecule has 2 aliphatic carbocycles. The van der Waals surface area contributed by atoms with Crippen LogP contribution in [0, 0.1) is 11.3 Å². The van der Waals surface area contributed by atoms with E-state index in [4.69, 9.17) is 0 Å². The highest BCUT2D eigenvalue weighted by Gasteiger charge is 2.46. The smallest absolute Gasteiger partial charge is 0.311 e. The van der Waals surface area contributed by atoms with E-state index in [2.05, 4.69) is 5.32 Å². The van der Waals surface area contributed by atoms with Crippen molar-refractivity contribution in [3.05, 3.63) is 12.2 Å². The zero-order valence-corrected chi connectivity index (χ0v) is 10.1. The van der Waals surface area contributed by atoms with Crippen molar-refractivity contribution in [2.45, 2.75) is 45.1 Å². The topological polar surface area (TPSA) is 66.4 Å². The Morgan fingerprint density at radius 2 is 2.00 bits per heavy atom. The lowest BCUT2D eigenvalue weighted by Crippen LogP contribution is -2.48. The van der Waals surface area contributed by atoms with E-state index in [-0.39, 0.29) is 17.9 Å². The van der Waals surface area contributed by atoms with Crippen LogP contribution in [0.3, 0.4) is 0 Å². The Morgan fingerprint density at radius 3 is 2.59 bits per heavy atom. The minimum Gasteiger partial charge on any atom is -0.481 e. The van der Waals surface area contributed by atoms with Gasteiger partial charge in [0.1, 0.15) is 0 Å². The summed E-state index contributed by atoms with van der Waals surface area (Å²) in [7, 11) is 0. The molecule has 2 rings (SSSR count). The Labute approximate surface area is 101 Å². The normalized spacial score (nSPS) is 32.9. The number of aliphatic carboxylic acids is 1. The number of carbonyl (C=O) groups is 2. The number of amides is 1. The lowest BCUT2D eigenvalue weighted by atomic mass is 9.84. The maximum absolute atomic E-state index is 12.0. The second kappa shape index (κ2) is 4.51. The van der Waals surface area contributed by atoms with Crippen molar-refractivity contribution in [3.63, 3.8) is 0 Å². The molecule has 0 spiro atoms. The minimum atomic E-state index is -0.801. The summed E-state index contributed by atoms with van der Waals surface area (Å²) in [4.78, 5) is 23.2. The average molecular weight is 237 g/mol. The van der Waals surface area contributed by atoms with E-state index in [0.717, 1.165) is 25.7 Å². The second-order valence-corrected chi connectivity index (χ2v) is 5.32. The minimum absolute atomic E-state index is 0.00800. The fraction of sp³-hybridized carbons (Fsp3) is 0.692. The summed E-state index contributed by atoms with van der Waals surface area (Å²) in [5.41, 5.74) is -0.790. The number of nitrogens with one attached hydrogen (secondary N) is 1. The van der Waals surface area contributed by atoms with Crippen LogP contribution in [-0.4, -0.2) is 23.0 Å². The molecule has 17 heavy (non-hydrogen) atoms. The van der Waals surface area contributed by atoms with Gasteiger partial charge in [0.2, 0.25) is 5.91 Å². The van der Waals surface area contributed by atoms with Crippen LogP contribution >= 0.6 is 0 Å². The number of carboxylic acid groups (broad SMARTS) is 1. The fourth-order valence-corrected chi connectivity index (χ4v) is 2.77. The van der Waals surface area contributed by atoms with Gasteiger partial charge in [-0.25, -0.2) is 0 Å². The Balaban J connectivity index is 1.98. The molecule has 2 unspecified atom stereocenters. The van der Waals surface area contributed by atoms with Crippen LogP contribution < -0.4 is 5.32 Å². The SMILES string of the molecule is CC1(C(=O)O)CCCC1NC(=O)C1CC=CC1. The van der Waals surface area contributed by atoms with Crippen molar-refractivity contribution in [2.24, 2.45) is 11.3 Å². The molecule has 4 nitrogen and oxygen atoms in total. The molecule has 0 aromatic rings. The summed E-state index contributed by atoms with van der Waals surface area (Å²) in [5, 5.41) is 12.2. The number of rotatable bonds is 3. The highest BCUT2D eigenvalue weighted by Crippen LogP contribution is 2.38. The Morgan fingerprint density at radius 1 is 1.35 bits per heavy atom. The van der Waals surface area contributed by atoms with Gasteiger partial charge >= 0.3 is 5.97 Å². The van der Waals surface area contributed by atoms with Crippen LogP contribution in [0.15, 0.2) is 12.2 Å². The van der Waals surface area contributed by atoms with Gasteiger partial charge < -0.3 is 10.4 Å². The molecule has 0 bridgehead atoms. The molecular weight excluding hydrogens is 218 g/mol. The van der Waals surface area contributed by atoms with Crippen LogP contribution in [0.25, 0.3) is 0 Å². The van der Waals surface area contributed by atoms with Crippen molar-refractivity contribution in [1.82, 2.24) is 5.32 Å². The summed E-state index contributed by atoms with van der Waals surface area (Å²) in [6.45, 7) is 1.74. The summed E-state index contributed by atoms with van der Waals surface area (Å²) in [6.07, 6.45) is 7.87. The van der Waals surface area contributed by atoms with Crippen LogP contribution in [0.2, 0.25) is 0 Å². The van der Waals surface area contributed by atoms with Crippen LogP contribution in [0.4, 0.5) is 0 Å². The monoisotopic (exact) mass is 237 g/mol. The van der Waals surface area contributed by atoms with Gasteiger partial charge in [0.15, 0.2) is 0 Å². The van der Waals surface area contributed by atoms with Gasteiger partial charge in [-0.2, -0.15) is 0 Å². The van der Waals surface area contributed by atoms with Crippen molar-refractivity contribution in [2.75, 3.05) is 0 Å². The maximum atomic E-state index is 12.0. The Bertz CT molecular complexity index is 356. The largest absolute Gasteiger partial charge is 0.481 e. The van der Waals surface area contributed by atoms with Crippen molar-refractivity contribution in [1.29, 1.82) is 0 Å². The third kappa shape index (κ3) is 2.21. The van der Waals surface area contributed by atoms with E-state index in [1.165, 1.54) is 0 Å². The first-order valence-electron chi connectivity index (χ1n) is 6.23. The molecular formula is C13H19NO3. The second-order valence-electron chi connectivity index (χ2n) is 5.32. The van der Waals surface area contributed by atoms with Crippen LogP contribution in [0.1, 0.15) is 39.0 Å². The number of hydrogen-bond acceptors (Lipinski definition) is 2. The highest BCUT2D eigenvalue weighted by atomic mass is 16.4. The van der Waals surface area contributed by atoms with Gasteiger partial charge in [-0.05, 0) is 32.6 Å².